The molecule has 0 radical (unpaired) electrons. The highest BCUT2D eigenvalue weighted by atomic mass is 32.2. The molecule has 0 aromatic heterocycles. The highest BCUT2D eigenvalue weighted by molar-refractivity contribution is 7.92. The predicted octanol–water partition coefficient (Wildman–Crippen LogP) is 2.76. The van der Waals surface area contributed by atoms with E-state index in [0.29, 0.717) is 12.1 Å². The minimum atomic E-state index is -3.37. The number of benzene rings is 2. The lowest BCUT2D eigenvalue weighted by Crippen LogP contribution is -2.24. The number of nitrogens with zero attached hydrogens (tertiary/aromatic N) is 2. The van der Waals surface area contributed by atoms with Crippen LogP contribution < -0.4 is 9.46 Å². The Morgan fingerprint density at radius 3 is 2.52 bits per heavy atom. The van der Waals surface area contributed by atoms with Crippen molar-refractivity contribution < 1.29 is 17.9 Å². The number of ether oxygens (including phenoxy) is 1. The minimum absolute atomic E-state index is 0.156. The zero-order valence-corrected chi connectivity index (χ0v) is 16.2. The summed E-state index contributed by atoms with van der Waals surface area (Å²) in [6, 6.07) is 14.3. The van der Waals surface area contributed by atoms with Crippen LogP contribution in [0, 0.1) is 0 Å². The van der Waals surface area contributed by atoms with Gasteiger partial charge in [0.05, 0.1) is 25.1 Å². The first-order valence-electron chi connectivity index (χ1n) is 8.36. The molecule has 7 nitrogen and oxygen atoms in total. The lowest BCUT2D eigenvalue weighted by Gasteiger charge is -2.20. The summed E-state index contributed by atoms with van der Waals surface area (Å²) in [7, 11) is -1.77. The molecule has 0 fully saturated rings. The summed E-state index contributed by atoms with van der Waals surface area (Å²) in [5.74, 6) is 0.586. The van der Waals surface area contributed by atoms with Gasteiger partial charge in [0.1, 0.15) is 5.75 Å². The van der Waals surface area contributed by atoms with Crippen molar-refractivity contribution in [2.45, 2.75) is 19.4 Å². The molecule has 1 atom stereocenters. The fourth-order valence-corrected chi connectivity index (χ4v) is 3.59. The molecule has 27 heavy (non-hydrogen) atoms. The van der Waals surface area contributed by atoms with Gasteiger partial charge in [-0.05, 0) is 35.4 Å². The van der Waals surface area contributed by atoms with Crippen LogP contribution in [0.1, 0.15) is 30.5 Å². The molecule has 0 spiro atoms. The number of rotatable bonds is 5. The molecule has 8 heteroatoms. The van der Waals surface area contributed by atoms with Crippen molar-refractivity contribution in [1.82, 2.24) is 5.01 Å². The molecule has 2 aromatic rings. The fraction of sp³-hybridized carbons (Fsp3) is 0.263. The third-order valence-corrected chi connectivity index (χ3v) is 4.84. The highest BCUT2D eigenvalue weighted by Crippen LogP contribution is 2.34. The standard InChI is InChI=1S/C19H21N3O4S/c1-13(23)22-19(14-7-9-17(26-2)10-8-14)12-18(20-22)15-5-4-6-16(11-15)21-27(3,24)25/h4-11,19,21H,12H2,1-3H3/t19-/m0/s1. The number of hydrogen-bond donors (Lipinski definition) is 1. The Kier molecular flexibility index (Phi) is 5.18. The molecule has 0 bridgehead atoms. The molecule has 2 aromatic carbocycles. The average molecular weight is 387 g/mol. The van der Waals surface area contributed by atoms with Crippen LogP contribution in [0.25, 0.3) is 0 Å². The fourth-order valence-electron chi connectivity index (χ4n) is 3.04. The summed E-state index contributed by atoms with van der Waals surface area (Å²) in [5.41, 5.74) is 2.91. The minimum Gasteiger partial charge on any atom is -0.497 e. The lowest BCUT2D eigenvalue weighted by atomic mass is 9.98. The van der Waals surface area contributed by atoms with Crippen LogP contribution in [0.2, 0.25) is 0 Å². The smallest absolute Gasteiger partial charge is 0.240 e. The van der Waals surface area contributed by atoms with Gasteiger partial charge in [-0.3, -0.25) is 9.52 Å². The van der Waals surface area contributed by atoms with Gasteiger partial charge in [-0.2, -0.15) is 5.10 Å². The van der Waals surface area contributed by atoms with Crippen molar-refractivity contribution in [1.29, 1.82) is 0 Å². The first-order valence-corrected chi connectivity index (χ1v) is 10.3. The SMILES string of the molecule is COc1ccc([C@@H]2CC(c3cccc(NS(C)(=O)=O)c3)=NN2C(C)=O)cc1. The lowest BCUT2D eigenvalue weighted by molar-refractivity contribution is -0.130. The number of nitrogens with one attached hydrogen (secondary N) is 1. The molecule has 3 rings (SSSR count). The molecule has 142 valence electrons. The Morgan fingerprint density at radius 2 is 1.93 bits per heavy atom. The number of amides is 1. The van der Waals surface area contributed by atoms with Gasteiger partial charge in [-0.25, -0.2) is 13.4 Å². The van der Waals surface area contributed by atoms with Gasteiger partial charge >= 0.3 is 0 Å². The second-order valence-electron chi connectivity index (χ2n) is 6.36. The normalized spacial score (nSPS) is 16.8. The molecule has 0 aliphatic carbocycles. The number of carbonyl (C=O) groups excluding carboxylic acids is 1. The number of sulfonamides is 1. The number of anilines is 1. The van der Waals surface area contributed by atoms with Gasteiger partial charge in [0, 0.05) is 19.0 Å². The quantitative estimate of drug-likeness (QED) is 0.854. The van der Waals surface area contributed by atoms with Crippen LogP contribution >= 0.6 is 0 Å². The average Bonchev–Trinajstić information content (AvgIpc) is 3.06. The van der Waals surface area contributed by atoms with Crippen LogP contribution in [-0.4, -0.2) is 38.4 Å². The Morgan fingerprint density at radius 1 is 1.22 bits per heavy atom. The van der Waals surface area contributed by atoms with Crippen molar-refractivity contribution in [2.24, 2.45) is 5.10 Å². The maximum absolute atomic E-state index is 12.1. The van der Waals surface area contributed by atoms with E-state index in [0.717, 1.165) is 28.8 Å². The molecular formula is C19H21N3O4S. The van der Waals surface area contributed by atoms with Crippen molar-refractivity contribution in [3.05, 3.63) is 59.7 Å². The van der Waals surface area contributed by atoms with Crippen LogP contribution in [-0.2, 0) is 14.8 Å². The van der Waals surface area contributed by atoms with E-state index in [1.54, 1.807) is 25.3 Å². The number of carbonyl (C=O) groups is 1. The van der Waals surface area contributed by atoms with Crippen LogP contribution in [0.4, 0.5) is 5.69 Å². The molecule has 1 amide bonds. The van der Waals surface area contributed by atoms with E-state index in [4.69, 9.17) is 4.74 Å². The number of hydrogen-bond acceptors (Lipinski definition) is 5. The Labute approximate surface area is 158 Å². The molecule has 1 aliphatic rings. The van der Waals surface area contributed by atoms with Gasteiger partial charge in [-0.1, -0.05) is 24.3 Å². The number of hydrazone groups is 1. The second-order valence-corrected chi connectivity index (χ2v) is 8.11. The molecule has 1 aliphatic heterocycles. The molecule has 1 N–H and O–H groups in total. The van der Waals surface area contributed by atoms with Crippen molar-refractivity contribution in [2.75, 3.05) is 18.1 Å². The zero-order valence-electron chi connectivity index (χ0n) is 15.3. The summed E-state index contributed by atoms with van der Waals surface area (Å²) < 4.78 is 30.6. The van der Waals surface area contributed by atoms with Crippen molar-refractivity contribution in [3.63, 3.8) is 0 Å². The van der Waals surface area contributed by atoms with Crippen LogP contribution in [0.15, 0.2) is 53.6 Å². The number of methoxy groups -OCH3 is 1. The van der Waals surface area contributed by atoms with E-state index in [2.05, 4.69) is 9.82 Å². The summed E-state index contributed by atoms with van der Waals surface area (Å²) in [4.78, 5) is 12.1. The topological polar surface area (TPSA) is 88.1 Å². The van der Waals surface area contributed by atoms with Crippen molar-refractivity contribution >= 4 is 27.3 Å². The zero-order chi connectivity index (χ0) is 19.6. The van der Waals surface area contributed by atoms with E-state index in [9.17, 15) is 13.2 Å². The van der Waals surface area contributed by atoms with Gasteiger partial charge in [0.2, 0.25) is 15.9 Å². The monoisotopic (exact) mass is 387 g/mol. The Bertz CT molecular complexity index is 984. The first-order chi connectivity index (χ1) is 12.8. The van der Waals surface area contributed by atoms with E-state index in [1.165, 1.54) is 11.9 Å². The third-order valence-electron chi connectivity index (χ3n) is 4.23. The summed E-state index contributed by atoms with van der Waals surface area (Å²) in [5, 5.41) is 5.95. The molecule has 0 unspecified atom stereocenters. The van der Waals surface area contributed by atoms with Gasteiger partial charge in [0.25, 0.3) is 0 Å². The highest BCUT2D eigenvalue weighted by Gasteiger charge is 2.31. The van der Waals surface area contributed by atoms with E-state index >= 15 is 0 Å². The Balaban J connectivity index is 1.90. The molecule has 0 saturated heterocycles. The predicted molar refractivity (Wildman–Crippen MR) is 104 cm³/mol. The maximum atomic E-state index is 12.1. The largest absolute Gasteiger partial charge is 0.497 e. The summed E-state index contributed by atoms with van der Waals surface area (Å²) >= 11 is 0. The molecular weight excluding hydrogens is 366 g/mol. The maximum Gasteiger partial charge on any atom is 0.240 e. The van der Waals surface area contributed by atoms with Crippen LogP contribution in [0.5, 0.6) is 5.75 Å². The van der Waals surface area contributed by atoms with Crippen molar-refractivity contribution in [3.8, 4) is 5.75 Å². The van der Waals surface area contributed by atoms with E-state index in [1.807, 2.05) is 30.3 Å². The summed E-state index contributed by atoms with van der Waals surface area (Å²) in [6.07, 6.45) is 1.64. The van der Waals surface area contributed by atoms with Gasteiger partial charge in [0.15, 0.2) is 0 Å². The first kappa shape index (κ1) is 18.9. The van der Waals surface area contributed by atoms with Gasteiger partial charge < -0.3 is 4.74 Å². The van der Waals surface area contributed by atoms with Gasteiger partial charge in [-0.15, -0.1) is 0 Å². The second kappa shape index (κ2) is 7.40. The third kappa shape index (κ3) is 4.46. The summed E-state index contributed by atoms with van der Waals surface area (Å²) in [6.45, 7) is 1.48. The van der Waals surface area contributed by atoms with E-state index < -0.39 is 10.0 Å². The molecule has 1 heterocycles. The Hall–Kier alpha value is -2.87. The molecule has 0 saturated carbocycles. The van der Waals surface area contributed by atoms with Crippen LogP contribution in [0.3, 0.4) is 0 Å². The van der Waals surface area contributed by atoms with E-state index in [-0.39, 0.29) is 11.9 Å².